The third-order valence-corrected chi connectivity index (χ3v) is 3.12. The van der Waals surface area contributed by atoms with Crippen LogP contribution in [0.25, 0.3) is 0 Å². The number of hydrogen-bond donors (Lipinski definition) is 1. The van der Waals surface area contributed by atoms with E-state index < -0.39 is 0 Å². The molecule has 0 saturated carbocycles. The Morgan fingerprint density at radius 2 is 2.23 bits per heavy atom. The number of benzene rings is 1. The predicted molar refractivity (Wildman–Crippen MR) is 83.3 cm³/mol. The monoisotopic (exact) mass is 303 g/mol. The van der Waals surface area contributed by atoms with Gasteiger partial charge in [-0.15, -0.1) is 0 Å². The van der Waals surface area contributed by atoms with E-state index in [1.807, 2.05) is 26.1 Å². The van der Waals surface area contributed by atoms with Crippen LogP contribution in [0.2, 0.25) is 0 Å². The van der Waals surface area contributed by atoms with Crippen molar-refractivity contribution in [3.63, 3.8) is 0 Å². The lowest BCUT2D eigenvalue weighted by molar-refractivity contribution is 0.0935. The summed E-state index contributed by atoms with van der Waals surface area (Å²) in [7, 11) is 1.56. The van der Waals surface area contributed by atoms with Gasteiger partial charge >= 0.3 is 0 Å². The topological polar surface area (TPSA) is 65.4 Å². The maximum atomic E-state index is 12.3. The second-order valence-electron chi connectivity index (χ2n) is 4.90. The van der Waals surface area contributed by atoms with Gasteiger partial charge in [-0.2, -0.15) is 5.10 Å². The third-order valence-electron chi connectivity index (χ3n) is 3.12. The molecule has 0 aliphatic carbocycles. The Kier molecular flexibility index (Phi) is 5.41. The summed E-state index contributed by atoms with van der Waals surface area (Å²) in [5.41, 5.74) is 0.535. The van der Waals surface area contributed by atoms with Crippen LogP contribution in [0.3, 0.4) is 0 Å². The molecule has 0 saturated heterocycles. The molecule has 0 spiro atoms. The molecule has 1 aromatic carbocycles. The molecule has 2 aromatic rings. The standard InChI is InChI=1S/C16H21N3O3/c1-4-22-14-7-6-13(10-15(14)21-3)16(20)18-12(2)11-19-9-5-8-17-19/h5-10,12H,4,11H2,1-3H3,(H,18,20)/t12-/m1/s1. The largest absolute Gasteiger partial charge is 0.493 e. The van der Waals surface area contributed by atoms with Gasteiger partial charge in [0.25, 0.3) is 5.91 Å². The average Bonchev–Trinajstić information content (AvgIpc) is 3.00. The molecule has 0 aliphatic rings. The van der Waals surface area contributed by atoms with E-state index in [1.54, 1.807) is 36.2 Å². The smallest absolute Gasteiger partial charge is 0.251 e. The van der Waals surface area contributed by atoms with E-state index >= 15 is 0 Å². The number of hydrogen-bond acceptors (Lipinski definition) is 4. The van der Waals surface area contributed by atoms with Crippen LogP contribution in [-0.4, -0.2) is 35.4 Å². The highest BCUT2D eigenvalue weighted by atomic mass is 16.5. The van der Waals surface area contributed by atoms with Crippen LogP contribution < -0.4 is 14.8 Å². The van der Waals surface area contributed by atoms with Crippen molar-refractivity contribution in [3.05, 3.63) is 42.2 Å². The van der Waals surface area contributed by atoms with Crippen LogP contribution in [0.15, 0.2) is 36.7 Å². The minimum Gasteiger partial charge on any atom is -0.493 e. The van der Waals surface area contributed by atoms with Gasteiger partial charge in [0.05, 0.1) is 20.3 Å². The van der Waals surface area contributed by atoms with Crippen molar-refractivity contribution in [2.24, 2.45) is 0 Å². The summed E-state index contributed by atoms with van der Waals surface area (Å²) in [6.45, 7) is 5.00. The van der Waals surface area contributed by atoms with E-state index in [4.69, 9.17) is 9.47 Å². The highest BCUT2D eigenvalue weighted by Crippen LogP contribution is 2.28. The molecule has 1 aromatic heterocycles. The molecule has 0 fully saturated rings. The summed E-state index contributed by atoms with van der Waals surface area (Å²) in [5, 5.41) is 7.07. The lowest BCUT2D eigenvalue weighted by Gasteiger charge is -2.15. The zero-order valence-corrected chi connectivity index (χ0v) is 13.1. The molecule has 0 aliphatic heterocycles. The first-order valence-corrected chi connectivity index (χ1v) is 7.23. The van der Waals surface area contributed by atoms with Crippen molar-refractivity contribution < 1.29 is 14.3 Å². The van der Waals surface area contributed by atoms with Gasteiger partial charge in [0.1, 0.15) is 0 Å². The number of nitrogens with one attached hydrogen (secondary N) is 1. The molecule has 0 unspecified atom stereocenters. The Morgan fingerprint density at radius 3 is 2.86 bits per heavy atom. The molecule has 6 heteroatoms. The Labute approximate surface area is 130 Å². The quantitative estimate of drug-likeness (QED) is 0.851. The number of carbonyl (C=O) groups excluding carboxylic acids is 1. The van der Waals surface area contributed by atoms with Crippen LogP contribution in [0.1, 0.15) is 24.2 Å². The number of rotatable bonds is 7. The van der Waals surface area contributed by atoms with E-state index in [2.05, 4.69) is 10.4 Å². The molecule has 2 rings (SSSR count). The van der Waals surface area contributed by atoms with Gasteiger partial charge in [-0.1, -0.05) is 0 Å². The molecule has 1 atom stereocenters. The molecule has 1 heterocycles. The number of aromatic nitrogens is 2. The maximum Gasteiger partial charge on any atom is 0.251 e. The first-order valence-electron chi connectivity index (χ1n) is 7.23. The van der Waals surface area contributed by atoms with Gasteiger partial charge in [-0.25, -0.2) is 0 Å². The van der Waals surface area contributed by atoms with Crippen LogP contribution in [0.4, 0.5) is 0 Å². The summed E-state index contributed by atoms with van der Waals surface area (Å²) >= 11 is 0. The Balaban J connectivity index is 2.02. The summed E-state index contributed by atoms with van der Waals surface area (Å²) in [6.07, 6.45) is 3.58. The number of methoxy groups -OCH3 is 1. The van der Waals surface area contributed by atoms with Crippen LogP contribution in [0, 0.1) is 0 Å². The molecular formula is C16H21N3O3. The molecule has 118 valence electrons. The summed E-state index contributed by atoms with van der Waals surface area (Å²) in [5.74, 6) is 1.03. The minimum absolute atomic E-state index is 0.0371. The van der Waals surface area contributed by atoms with E-state index in [0.717, 1.165) is 0 Å². The highest BCUT2D eigenvalue weighted by molar-refractivity contribution is 5.95. The van der Waals surface area contributed by atoms with Crippen LogP contribution >= 0.6 is 0 Å². The van der Waals surface area contributed by atoms with Crippen molar-refractivity contribution >= 4 is 5.91 Å². The summed E-state index contributed by atoms with van der Waals surface area (Å²) in [6, 6.07) is 6.97. The maximum absolute atomic E-state index is 12.3. The first-order chi connectivity index (χ1) is 10.6. The third kappa shape index (κ3) is 4.00. The first kappa shape index (κ1) is 15.9. The van der Waals surface area contributed by atoms with Crippen molar-refractivity contribution in [2.75, 3.05) is 13.7 Å². The Bertz CT molecular complexity index is 611. The molecule has 0 radical (unpaired) electrons. The second-order valence-corrected chi connectivity index (χ2v) is 4.90. The molecule has 22 heavy (non-hydrogen) atoms. The Morgan fingerprint density at radius 1 is 1.41 bits per heavy atom. The van der Waals surface area contributed by atoms with Gasteiger partial charge in [0, 0.05) is 24.0 Å². The van der Waals surface area contributed by atoms with Crippen molar-refractivity contribution in [3.8, 4) is 11.5 Å². The molecule has 6 nitrogen and oxygen atoms in total. The highest BCUT2D eigenvalue weighted by Gasteiger charge is 2.13. The molecular weight excluding hydrogens is 282 g/mol. The fourth-order valence-electron chi connectivity index (χ4n) is 2.13. The van der Waals surface area contributed by atoms with Crippen LogP contribution in [0.5, 0.6) is 11.5 Å². The molecule has 1 amide bonds. The molecule has 1 N–H and O–H groups in total. The van der Waals surface area contributed by atoms with Crippen molar-refractivity contribution in [1.29, 1.82) is 0 Å². The lowest BCUT2D eigenvalue weighted by atomic mass is 10.1. The number of carbonyl (C=O) groups is 1. The van der Waals surface area contributed by atoms with E-state index in [0.29, 0.717) is 30.2 Å². The van der Waals surface area contributed by atoms with Gasteiger partial charge in [-0.05, 0) is 38.1 Å². The van der Waals surface area contributed by atoms with Gasteiger partial charge < -0.3 is 14.8 Å². The van der Waals surface area contributed by atoms with Crippen LogP contribution in [-0.2, 0) is 6.54 Å². The lowest BCUT2D eigenvalue weighted by Crippen LogP contribution is -2.35. The van der Waals surface area contributed by atoms with E-state index in [-0.39, 0.29) is 11.9 Å². The van der Waals surface area contributed by atoms with Gasteiger partial charge in [0.2, 0.25) is 0 Å². The zero-order valence-electron chi connectivity index (χ0n) is 13.1. The number of amides is 1. The van der Waals surface area contributed by atoms with Gasteiger partial charge in [-0.3, -0.25) is 9.48 Å². The van der Waals surface area contributed by atoms with E-state index in [1.165, 1.54) is 0 Å². The number of ether oxygens (including phenoxy) is 2. The van der Waals surface area contributed by atoms with E-state index in [9.17, 15) is 4.79 Å². The Hall–Kier alpha value is -2.50. The summed E-state index contributed by atoms with van der Waals surface area (Å²) in [4.78, 5) is 12.3. The van der Waals surface area contributed by atoms with Crippen molar-refractivity contribution in [2.45, 2.75) is 26.4 Å². The zero-order chi connectivity index (χ0) is 15.9. The average molecular weight is 303 g/mol. The fourth-order valence-corrected chi connectivity index (χ4v) is 2.13. The fraction of sp³-hybridized carbons (Fsp3) is 0.375. The SMILES string of the molecule is CCOc1ccc(C(=O)N[C@H](C)Cn2cccn2)cc1OC. The normalized spacial score (nSPS) is 11.8. The number of nitrogens with zero attached hydrogens (tertiary/aromatic N) is 2. The van der Waals surface area contributed by atoms with Crippen molar-refractivity contribution in [1.82, 2.24) is 15.1 Å². The summed E-state index contributed by atoms with van der Waals surface area (Å²) < 4.78 is 12.5. The molecule has 0 bridgehead atoms. The minimum atomic E-state index is -0.152. The second kappa shape index (κ2) is 7.49. The predicted octanol–water partition coefficient (Wildman–Crippen LogP) is 2.11. The van der Waals surface area contributed by atoms with Gasteiger partial charge in [0.15, 0.2) is 11.5 Å².